The predicted molar refractivity (Wildman–Crippen MR) is 142 cm³/mol. The van der Waals surface area contributed by atoms with E-state index in [0.29, 0.717) is 6.42 Å². The van der Waals surface area contributed by atoms with Crippen molar-refractivity contribution >= 4 is 5.91 Å². The molecule has 0 bridgehead atoms. The lowest BCUT2D eigenvalue weighted by molar-refractivity contribution is -0.123. The highest BCUT2D eigenvalue weighted by molar-refractivity contribution is 5.76. The minimum atomic E-state index is -0.828. The highest BCUT2D eigenvalue weighted by atomic mass is 16.3. The van der Waals surface area contributed by atoms with Crippen molar-refractivity contribution in [3.8, 4) is 0 Å². The molecule has 0 aliphatic carbocycles. The van der Waals surface area contributed by atoms with Crippen molar-refractivity contribution in [1.82, 2.24) is 5.32 Å². The topological polar surface area (TPSA) is 69.6 Å². The summed E-state index contributed by atoms with van der Waals surface area (Å²) in [5.74, 6) is -0.0690. The number of nitrogens with one attached hydrogen (secondary N) is 1. The zero-order chi connectivity index (χ0) is 24.4. The summed E-state index contributed by atoms with van der Waals surface area (Å²) >= 11 is 0. The summed E-state index contributed by atoms with van der Waals surface area (Å²) in [6.45, 7) is 4.24. The number of amides is 1. The fourth-order valence-corrected chi connectivity index (χ4v) is 4.23. The summed E-state index contributed by atoms with van der Waals surface area (Å²) < 4.78 is 0. The average molecular weight is 468 g/mol. The molecule has 0 rings (SSSR count). The number of hydrogen-bond donors (Lipinski definition) is 3. The Morgan fingerprint density at radius 1 is 0.697 bits per heavy atom. The molecule has 4 heteroatoms. The van der Waals surface area contributed by atoms with E-state index in [4.69, 9.17) is 0 Å². The zero-order valence-electron chi connectivity index (χ0n) is 22.2. The third kappa shape index (κ3) is 22.7. The minimum Gasteiger partial charge on any atom is -0.394 e. The smallest absolute Gasteiger partial charge is 0.220 e. The van der Waals surface area contributed by atoms with E-state index in [0.717, 1.165) is 25.7 Å². The molecule has 0 spiro atoms. The molecule has 0 aromatic heterocycles. The summed E-state index contributed by atoms with van der Waals surface area (Å²) in [7, 11) is 0. The zero-order valence-corrected chi connectivity index (χ0v) is 22.2. The molecule has 0 radical (unpaired) electrons. The molecule has 0 heterocycles. The van der Waals surface area contributed by atoms with E-state index in [9.17, 15) is 15.0 Å². The van der Waals surface area contributed by atoms with Crippen LogP contribution < -0.4 is 5.32 Å². The van der Waals surface area contributed by atoms with Gasteiger partial charge in [0.1, 0.15) is 0 Å². The number of carbonyl (C=O) groups is 1. The Morgan fingerprint density at radius 2 is 1.12 bits per heavy atom. The second-order valence-corrected chi connectivity index (χ2v) is 9.82. The van der Waals surface area contributed by atoms with Gasteiger partial charge in [-0.2, -0.15) is 0 Å². The highest BCUT2D eigenvalue weighted by Gasteiger charge is 2.17. The largest absolute Gasteiger partial charge is 0.394 e. The number of aliphatic hydroxyl groups is 2. The Hall–Kier alpha value is -0.870. The van der Waals surface area contributed by atoms with E-state index in [1.54, 1.807) is 6.08 Å². The first-order valence-electron chi connectivity index (χ1n) is 14.4. The summed E-state index contributed by atoms with van der Waals surface area (Å²) in [5.41, 5.74) is 0. The molecule has 0 saturated heterocycles. The quantitative estimate of drug-likeness (QED) is 0.0955. The van der Waals surface area contributed by atoms with Crippen LogP contribution in [0, 0.1) is 0 Å². The Labute approximate surface area is 206 Å². The van der Waals surface area contributed by atoms with Crippen LogP contribution in [0.4, 0.5) is 0 Å². The van der Waals surface area contributed by atoms with Crippen LogP contribution >= 0.6 is 0 Å². The molecule has 196 valence electrons. The maximum Gasteiger partial charge on any atom is 0.220 e. The SMILES string of the molecule is CCCCCCCC/C=C/C(O)C(CO)NC(=O)CCCCCCCCCCCCCCC. The molecule has 0 aromatic rings. The van der Waals surface area contributed by atoms with Gasteiger partial charge in [-0.05, 0) is 19.3 Å². The number of unbranched alkanes of at least 4 members (excludes halogenated alkanes) is 18. The fourth-order valence-electron chi connectivity index (χ4n) is 4.23. The van der Waals surface area contributed by atoms with E-state index in [2.05, 4.69) is 19.2 Å². The summed E-state index contributed by atoms with van der Waals surface area (Å²) in [6.07, 6.45) is 28.5. The van der Waals surface area contributed by atoms with Crippen molar-refractivity contribution in [1.29, 1.82) is 0 Å². The van der Waals surface area contributed by atoms with Crippen molar-refractivity contribution < 1.29 is 15.0 Å². The predicted octanol–water partition coefficient (Wildman–Crippen LogP) is 7.61. The Morgan fingerprint density at radius 3 is 1.58 bits per heavy atom. The normalized spacial score (nSPS) is 13.5. The van der Waals surface area contributed by atoms with Gasteiger partial charge in [0, 0.05) is 6.42 Å². The molecule has 0 aromatic carbocycles. The van der Waals surface area contributed by atoms with Crippen LogP contribution in [0.1, 0.15) is 149 Å². The van der Waals surface area contributed by atoms with Gasteiger partial charge >= 0.3 is 0 Å². The summed E-state index contributed by atoms with van der Waals surface area (Å²) in [6, 6.07) is -0.611. The van der Waals surface area contributed by atoms with Gasteiger partial charge in [0.05, 0.1) is 18.8 Å². The van der Waals surface area contributed by atoms with Crippen molar-refractivity contribution in [3.05, 3.63) is 12.2 Å². The molecule has 1 amide bonds. The lowest BCUT2D eigenvalue weighted by Gasteiger charge is -2.20. The van der Waals surface area contributed by atoms with Crippen LogP contribution in [0.15, 0.2) is 12.2 Å². The first-order chi connectivity index (χ1) is 16.2. The van der Waals surface area contributed by atoms with Gasteiger partial charge in [0.25, 0.3) is 0 Å². The molecular weight excluding hydrogens is 410 g/mol. The van der Waals surface area contributed by atoms with E-state index in [-0.39, 0.29) is 12.5 Å². The van der Waals surface area contributed by atoms with Crippen LogP contribution in [0.25, 0.3) is 0 Å². The molecule has 0 saturated carbocycles. The molecule has 0 aliphatic rings. The molecule has 2 unspecified atom stereocenters. The third-order valence-corrected chi connectivity index (χ3v) is 6.52. The minimum absolute atomic E-state index is 0.0690. The van der Waals surface area contributed by atoms with Gasteiger partial charge in [0.2, 0.25) is 5.91 Å². The molecule has 3 N–H and O–H groups in total. The maximum atomic E-state index is 12.2. The van der Waals surface area contributed by atoms with Gasteiger partial charge in [-0.15, -0.1) is 0 Å². The van der Waals surface area contributed by atoms with Gasteiger partial charge in [-0.1, -0.05) is 135 Å². The van der Waals surface area contributed by atoms with E-state index < -0.39 is 12.1 Å². The average Bonchev–Trinajstić information content (AvgIpc) is 2.82. The van der Waals surface area contributed by atoms with Crippen molar-refractivity contribution in [2.24, 2.45) is 0 Å². The molecule has 0 aliphatic heterocycles. The standard InChI is InChI=1S/C29H57NO3/c1-3-5-7-9-11-13-14-15-16-17-19-21-23-25-29(33)30-27(26-31)28(32)24-22-20-18-12-10-8-6-4-2/h22,24,27-28,31-32H,3-21,23,25-26H2,1-2H3,(H,30,33)/b24-22+. The van der Waals surface area contributed by atoms with E-state index in [1.807, 2.05) is 6.08 Å². The van der Waals surface area contributed by atoms with Crippen molar-refractivity contribution in [2.75, 3.05) is 6.61 Å². The molecule has 4 nitrogen and oxygen atoms in total. The Balaban J connectivity index is 3.65. The first kappa shape index (κ1) is 32.1. The summed E-state index contributed by atoms with van der Waals surface area (Å²) in [4.78, 5) is 12.2. The van der Waals surface area contributed by atoms with Crippen molar-refractivity contribution in [3.63, 3.8) is 0 Å². The lowest BCUT2D eigenvalue weighted by Crippen LogP contribution is -2.45. The van der Waals surface area contributed by atoms with Gasteiger partial charge < -0.3 is 15.5 Å². The molecule has 0 fully saturated rings. The first-order valence-corrected chi connectivity index (χ1v) is 14.4. The summed E-state index contributed by atoms with van der Waals surface area (Å²) in [5, 5.41) is 22.6. The second kappa shape index (κ2) is 25.7. The Bertz CT molecular complexity index is 439. The van der Waals surface area contributed by atoms with Crippen LogP contribution in [0.5, 0.6) is 0 Å². The monoisotopic (exact) mass is 467 g/mol. The lowest BCUT2D eigenvalue weighted by atomic mass is 10.0. The van der Waals surface area contributed by atoms with Crippen LogP contribution in [-0.4, -0.2) is 34.9 Å². The number of hydrogen-bond acceptors (Lipinski definition) is 3. The van der Waals surface area contributed by atoms with Crippen LogP contribution in [0.3, 0.4) is 0 Å². The number of allylic oxidation sites excluding steroid dienone is 1. The second-order valence-electron chi connectivity index (χ2n) is 9.82. The fraction of sp³-hybridized carbons (Fsp3) is 0.897. The van der Waals surface area contributed by atoms with Crippen molar-refractivity contribution in [2.45, 2.75) is 161 Å². The molecular formula is C29H57NO3. The van der Waals surface area contributed by atoms with Gasteiger partial charge in [0.15, 0.2) is 0 Å². The highest BCUT2D eigenvalue weighted by Crippen LogP contribution is 2.13. The van der Waals surface area contributed by atoms with Gasteiger partial charge in [-0.25, -0.2) is 0 Å². The number of aliphatic hydroxyl groups excluding tert-OH is 2. The molecule has 2 atom stereocenters. The Kier molecular flexibility index (Phi) is 25.1. The van der Waals surface area contributed by atoms with E-state index >= 15 is 0 Å². The van der Waals surface area contributed by atoms with Crippen LogP contribution in [0.2, 0.25) is 0 Å². The van der Waals surface area contributed by atoms with Crippen LogP contribution in [-0.2, 0) is 4.79 Å². The third-order valence-electron chi connectivity index (χ3n) is 6.52. The number of carbonyl (C=O) groups excluding carboxylic acids is 1. The number of rotatable bonds is 25. The van der Waals surface area contributed by atoms with Gasteiger partial charge in [-0.3, -0.25) is 4.79 Å². The maximum absolute atomic E-state index is 12.2. The van der Waals surface area contributed by atoms with E-state index in [1.165, 1.54) is 103 Å². The molecule has 33 heavy (non-hydrogen) atoms.